The van der Waals surface area contributed by atoms with Gasteiger partial charge < -0.3 is 5.32 Å². The van der Waals surface area contributed by atoms with Gasteiger partial charge in [0.15, 0.2) is 0 Å². The van der Waals surface area contributed by atoms with Crippen molar-refractivity contribution in [2.24, 2.45) is 0 Å². The molecule has 2 heteroatoms. The molecule has 0 saturated carbocycles. The second kappa shape index (κ2) is 7.24. The third-order valence-electron chi connectivity index (χ3n) is 2.99. The van der Waals surface area contributed by atoms with E-state index in [-0.39, 0.29) is 0 Å². The third kappa shape index (κ3) is 4.43. The molecular weight excluding hydrogens is 172 g/mol. The van der Waals surface area contributed by atoms with Crippen molar-refractivity contribution in [2.75, 3.05) is 13.1 Å². The van der Waals surface area contributed by atoms with Gasteiger partial charge in [0.05, 0.1) is 0 Å². The summed E-state index contributed by atoms with van der Waals surface area (Å²) >= 11 is 0. The van der Waals surface area contributed by atoms with Gasteiger partial charge in [0.25, 0.3) is 0 Å². The Balaban J connectivity index is 4.05. The first-order valence-electron chi connectivity index (χ1n) is 6.03. The highest BCUT2D eigenvalue weighted by Gasteiger charge is 2.20. The van der Waals surface area contributed by atoms with Crippen molar-refractivity contribution in [3.8, 4) is 0 Å². The van der Waals surface area contributed by atoms with E-state index < -0.39 is 0 Å². The molecule has 0 fully saturated rings. The van der Waals surface area contributed by atoms with Crippen LogP contribution >= 0.6 is 0 Å². The maximum Gasteiger partial charge on any atom is 0.0220 e. The van der Waals surface area contributed by atoms with Crippen LogP contribution in [0, 0.1) is 0 Å². The van der Waals surface area contributed by atoms with Gasteiger partial charge >= 0.3 is 0 Å². The molecule has 2 unspecified atom stereocenters. The summed E-state index contributed by atoms with van der Waals surface area (Å²) in [5.74, 6) is 0. The molecule has 0 bridgehead atoms. The third-order valence-corrected chi connectivity index (χ3v) is 2.99. The normalized spacial score (nSPS) is 16.3. The average Bonchev–Trinajstić information content (AvgIpc) is 2.14. The molecule has 0 aromatic heterocycles. The van der Waals surface area contributed by atoms with Crippen LogP contribution in [0.4, 0.5) is 0 Å². The van der Waals surface area contributed by atoms with Crippen LogP contribution in [0.2, 0.25) is 0 Å². The van der Waals surface area contributed by atoms with Crippen molar-refractivity contribution < 1.29 is 0 Å². The average molecular weight is 200 g/mol. The van der Waals surface area contributed by atoms with Crippen LogP contribution in [0.15, 0.2) is 0 Å². The highest BCUT2D eigenvalue weighted by molar-refractivity contribution is 4.79. The molecule has 0 amide bonds. The van der Waals surface area contributed by atoms with Gasteiger partial charge in [-0.2, -0.15) is 0 Å². The first kappa shape index (κ1) is 13.9. The summed E-state index contributed by atoms with van der Waals surface area (Å²) in [6.07, 6.45) is 1.21. The maximum atomic E-state index is 3.56. The van der Waals surface area contributed by atoms with E-state index in [0.717, 1.165) is 13.1 Å². The molecule has 1 N–H and O–H groups in total. The minimum Gasteiger partial charge on any atom is -0.313 e. The van der Waals surface area contributed by atoms with E-state index in [1.807, 2.05) is 0 Å². The lowest BCUT2D eigenvalue weighted by Gasteiger charge is -2.35. The van der Waals surface area contributed by atoms with Crippen LogP contribution in [0.3, 0.4) is 0 Å². The molecular formula is C12H28N2. The van der Waals surface area contributed by atoms with E-state index in [4.69, 9.17) is 0 Å². The van der Waals surface area contributed by atoms with Crippen LogP contribution in [-0.2, 0) is 0 Å². The molecule has 0 aromatic carbocycles. The Kier molecular flexibility index (Phi) is 7.20. The Hall–Kier alpha value is -0.0800. The molecule has 0 rings (SSSR count). The zero-order valence-electron chi connectivity index (χ0n) is 10.8. The van der Waals surface area contributed by atoms with Crippen molar-refractivity contribution in [3.63, 3.8) is 0 Å². The molecule has 2 nitrogen and oxygen atoms in total. The molecule has 0 aliphatic rings. The fourth-order valence-electron chi connectivity index (χ4n) is 1.95. The van der Waals surface area contributed by atoms with Gasteiger partial charge in [0.2, 0.25) is 0 Å². The number of hydrogen-bond acceptors (Lipinski definition) is 2. The van der Waals surface area contributed by atoms with Gasteiger partial charge in [-0.05, 0) is 47.2 Å². The van der Waals surface area contributed by atoms with Crippen molar-refractivity contribution in [2.45, 2.75) is 66.1 Å². The Morgan fingerprint density at radius 1 is 1.07 bits per heavy atom. The van der Waals surface area contributed by atoms with E-state index in [1.54, 1.807) is 0 Å². The number of rotatable bonds is 7. The second-order valence-corrected chi connectivity index (χ2v) is 4.41. The van der Waals surface area contributed by atoms with Gasteiger partial charge in [-0.25, -0.2) is 0 Å². The minimum absolute atomic E-state index is 0.581. The quantitative estimate of drug-likeness (QED) is 0.679. The number of nitrogens with zero attached hydrogens (tertiary/aromatic N) is 1. The summed E-state index contributed by atoms with van der Waals surface area (Å²) in [5, 5.41) is 3.56. The van der Waals surface area contributed by atoms with Gasteiger partial charge in [-0.1, -0.05) is 13.8 Å². The molecule has 86 valence electrons. The van der Waals surface area contributed by atoms with Crippen LogP contribution in [0.25, 0.3) is 0 Å². The summed E-state index contributed by atoms with van der Waals surface area (Å²) in [7, 11) is 0. The predicted octanol–water partition coefficient (Wildman–Crippen LogP) is 2.49. The predicted molar refractivity (Wildman–Crippen MR) is 64.7 cm³/mol. The summed E-state index contributed by atoms with van der Waals surface area (Å²) in [4.78, 5) is 2.54. The first-order chi connectivity index (χ1) is 6.54. The first-order valence-corrected chi connectivity index (χ1v) is 6.03. The summed E-state index contributed by atoms with van der Waals surface area (Å²) in [5.41, 5.74) is 0. The Morgan fingerprint density at radius 3 is 2.00 bits per heavy atom. The monoisotopic (exact) mass is 200 g/mol. The molecule has 0 aliphatic heterocycles. The largest absolute Gasteiger partial charge is 0.313 e. The second-order valence-electron chi connectivity index (χ2n) is 4.41. The molecule has 14 heavy (non-hydrogen) atoms. The SMILES string of the molecule is CCCNC(C)C(C)N(CC)C(C)C. The highest BCUT2D eigenvalue weighted by Crippen LogP contribution is 2.08. The topological polar surface area (TPSA) is 15.3 Å². The lowest BCUT2D eigenvalue weighted by molar-refractivity contribution is 0.144. The number of likely N-dealkylation sites (N-methyl/N-ethyl adjacent to an activating group) is 1. The van der Waals surface area contributed by atoms with E-state index >= 15 is 0 Å². The lowest BCUT2D eigenvalue weighted by Crippen LogP contribution is -2.49. The Labute approximate surface area is 90.1 Å². The summed E-state index contributed by atoms with van der Waals surface area (Å²) < 4.78 is 0. The maximum absolute atomic E-state index is 3.56. The lowest BCUT2D eigenvalue weighted by atomic mass is 10.1. The fraction of sp³-hybridized carbons (Fsp3) is 1.00. The van der Waals surface area contributed by atoms with Gasteiger partial charge in [0.1, 0.15) is 0 Å². The molecule has 0 radical (unpaired) electrons. The van der Waals surface area contributed by atoms with Gasteiger partial charge in [0, 0.05) is 18.1 Å². The van der Waals surface area contributed by atoms with Crippen molar-refractivity contribution in [1.29, 1.82) is 0 Å². The highest BCUT2D eigenvalue weighted by atomic mass is 15.2. The van der Waals surface area contributed by atoms with Crippen molar-refractivity contribution >= 4 is 0 Å². The molecule has 0 saturated heterocycles. The Morgan fingerprint density at radius 2 is 1.64 bits per heavy atom. The van der Waals surface area contributed by atoms with Crippen molar-refractivity contribution in [3.05, 3.63) is 0 Å². The minimum atomic E-state index is 0.581. The summed E-state index contributed by atoms with van der Waals surface area (Å²) in [6, 6.07) is 1.84. The standard InChI is InChI=1S/C12H28N2/c1-7-9-13-11(5)12(6)14(8-2)10(3)4/h10-13H,7-9H2,1-6H3. The van der Waals surface area contributed by atoms with E-state index in [2.05, 4.69) is 51.8 Å². The molecule has 0 aliphatic carbocycles. The molecule has 0 heterocycles. The summed E-state index contributed by atoms with van der Waals surface area (Å²) in [6.45, 7) is 15.9. The zero-order valence-corrected chi connectivity index (χ0v) is 10.8. The van der Waals surface area contributed by atoms with Crippen LogP contribution in [0.1, 0.15) is 48.0 Å². The number of nitrogens with one attached hydrogen (secondary N) is 1. The molecule has 0 spiro atoms. The van der Waals surface area contributed by atoms with Gasteiger partial charge in [-0.15, -0.1) is 0 Å². The smallest absolute Gasteiger partial charge is 0.0220 e. The zero-order chi connectivity index (χ0) is 11.1. The van der Waals surface area contributed by atoms with E-state index in [0.29, 0.717) is 18.1 Å². The fourth-order valence-corrected chi connectivity index (χ4v) is 1.95. The van der Waals surface area contributed by atoms with Crippen LogP contribution in [-0.4, -0.2) is 36.1 Å². The van der Waals surface area contributed by atoms with E-state index in [9.17, 15) is 0 Å². The van der Waals surface area contributed by atoms with Crippen LogP contribution < -0.4 is 5.32 Å². The molecule has 2 atom stereocenters. The number of hydrogen-bond donors (Lipinski definition) is 1. The van der Waals surface area contributed by atoms with Crippen LogP contribution in [0.5, 0.6) is 0 Å². The molecule has 0 aromatic rings. The van der Waals surface area contributed by atoms with Gasteiger partial charge in [-0.3, -0.25) is 4.90 Å². The van der Waals surface area contributed by atoms with Crippen molar-refractivity contribution in [1.82, 2.24) is 10.2 Å². The van der Waals surface area contributed by atoms with E-state index in [1.165, 1.54) is 6.42 Å². The Bertz CT molecular complexity index is 134.